The largest absolute Gasteiger partial charge is 0.416 e. The molecule has 0 N–H and O–H groups in total. The second-order valence-corrected chi connectivity index (χ2v) is 8.55. The van der Waals surface area contributed by atoms with Gasteiger partial charge in [0.2, 0.25) is 0 Å². The standard InChI is InChI=1S/C22H15Br2F3N2/c23-17-8-4-14(5-9-17)20-13-21(15-6-10-18(24)11-7-15)29(28-20)19-3-1-2-16(12-19)22(25,26)27/h1-12,21H,13H2/t21-/m1/s1. The molecule has 0 spiro atoms. The Morgan fingerprint density at radius 1 is 0.862 bits per heavy atom. The summed E-state index contributed by atoms with van der Waals surface area (Å²) in [6, 6.07) is 20.7. The predicted molar refractivity (Wildman–Crippen MR) is 116 cm³/mol. The monoisotopic (exact) mass is 522 g/mol. The lowest BCUT2D eigenvalue weighted by molar-refractivity contribution is -0.137. The Labute approximate surface area is 183 Å². The quantitative estimate of drug-likeness (QED) is 0.345. The Kier molecular flexibility index (Phi) is 5.53. The normalized spacial score (nSPS) is 16.8. The summed E-state index contributed by atoms with van der Waals surface area (Å²) in [5.74, 6) is 0. The van der Waals surface area contributed by atoms with Crippen LogP contribution in [0.3, 0.4) is 0 Å². The van der Waals surface area contributed by atoms with Gasteiger partial charge in [0.25, 0.3) is 0 Å². The maximum atomic E-state index is 13.2. The van der Waals surface area contributed by atoms with Crippen molar-refractivity contribution in [3.63, 3.8) is 0 Å². The van der Waals surface area contributed by atoms with Crippen LogP contribution in [0.15, 0.2) is 86.8 Å². The Hall–Kier alpha value is -2.12. The molecule has 29 heavy (non-hydrogen) atoms. The first-order valence-corrected chi connectivity index (χ1v) is 10.5. The Bertz CT molecular complexity index is 1040. The zero-order valence-corrected chi connectivity index (χ0v) is 18.2. The highest BCUT2D eigenvalue weighted by Crippen LogP contribution is 2.39. The highest BCUT2D eigenvalue weighted by atomic mass is 79.9. The van der Waals surface area contributed by atoms with E-state index in [1.54, 1.807) is 11.1 Å². The first-order chi connectivity index (χ1) is 13.8. The van der Waals surface area contributed by atoms with Gasteiger partial charge in [-0.3, -0.25) is 5.01 Å². The van der Waals surface area contributed by atoms with E-state index in [1.165, 1.54) is 6.07 Å². The third-order valence-corrected chi connectivity index (χ3v) is 5.84. The van der Waals surface area contributed by atoms with Crippen LogP contribution in [0.4, 0.5) is 18.9 Å². The van der Waals surface area contributed by atoms with E-state index in [4.69, 9.17) is 5.10 Å². The van der Waals surface area contributed by atoms with Gasteiger partial charge in [-0.15, -0.1) is 0 Å². The van der Waals surface area contributed by atoms with Crippen LogP contribution in [0, 0.1) is 0 Å². The van der Waals surface area contributed by atoms with E-state index in [-0.39, 0.29) is 6.04 Å². The number of hydrogen-bond acceptors (Lipinski definition) is 2. The van der Waals surface area contributed by atoms with Crippen LogP contribution in [-0.4, -0.2) is 5.71 Å². The Morgan fingerprint density at radius 2 is 1.48 bits per heavy atom. The minimum atomic E-state index is -4.40. The van der Waals surface area contributed by atoms with Crippen molar-refractivity contribution >= 4 is 43.3 Å². The molecule has 0 aromatic heterocycles. The zero-order valence-electron chi connectivity index (χ0n) is 15.0. The summed E-state index contributed by atoms with van der Waals surface area (Å²) in [7, 11) is 0. The fraction of sp³-hybridized carbons (Fsp3) is 0.136. The fourth-order valence-corrected chi connectivity index (χ4v) is 3.86. The van der Waals surface area contributed by atoms with E-state index in [0.29, 0.717) is 12.1 Å². The summed E-state index contributed by atoms with van der Waals surface area (Å²) >= 11 is 6.85. The lowest BCUT2D eigenvalue weighted by Crippen LogP contribution is -2.19. The molecule has 0 radical (unpaired) electrons. The van der Waals surface area contributed by atoms with Gasteiger partial charge in [-0.2, -0.15) is 18.3 Å². The van der Waals surface area contributed by atoms with Crippen molar-refractivity contribution in [1.29, 1.82) is 0 Å². The molecule has 1 atom stereocenters. The van der Waals surface area contributed by atoms with Crippen molar-refractivity contribution in [3.8, 4) is 0 Å². The van der Waals surface area contributed by atoms with E-state index < -0.39 is 11.7 Å². The van der Waals surface area contributed by atoms with Gasteiger partial charge in [-0.25, -0.2) is 0 Å². The summed E-state index contributed by atoms with van der Waals surface area (Å²) in [5, 5.41) is 6.41. The predicted octanol–water partition coefficient (Wildman–Crippen LogP) is 7.59. The van der Waals surface area contributed by atoms with E-state index in [0.717, 1.165) is 37.9 Å². The van der Waals surface area contributed by atoms with E-state index >= 15 is 0 Å². The molecule has 0 amide bonds. The first-order valence-electron chi connectivity index (χ1n) is 8.86. The minimum absolute atomic E-state index is 0.190. The molecular formula is C22H15Br2F3N2. The Morgan fingerprint density at radius 3 is 2.10 bits per heavy atom. The molecule has 4 rings (SSSR count). The molecule has 0 unspecified atom stereocenters. The molecule has 1 aliphatic heterocycles. The van der Waals surface area contributed by atoms with E-state index in [1.807, 2.05) is 48.5 Å². The summed E-state index contributed by atoms with van der Waals surface area (Å²) in [4.78, 5) is 0. The van der Waals surface area contributed by atoms with Gasteiger partial charge in [0.1, 0.15) is 0 Å². The number of hydrogen-bond donors (Lipinski definition) is 0. The highest BCUT2D eigenvalue weighted by molar-refractivity contribution is 9.10. The van der Waals surface area contributed by atoms with E-state index in [2.05, 4.69) is 31.9 Å². The molecule has 0 fully saturated rings. The van der Waals surface area contributed by atoms with Crippen LogP contribution in [-0.2, 0) is 6.18 Å². The van der Waals surface area contributed by atoms with Crippen molar-refractivity contribution < 1.29 is 13.2 Å². The number of nitrogens with zero attached hydrogens (tertiary/aromatic N) is 2. The van der Waals surface area contributed by atoms with Gasteiger partial charge in [-0.05, 0) is 53.6 Å². The topological polar surface area (TPSA) is 15.6 Å². The number of benzene rings is 3. The molecule has 0 bridgehead atoms. The molecule has 0 saturated carbocycles. The number of alkyl halides is 3. The summed E-state index contributed by atoms with van der Waals surface area (Å²) in [5.41, 5.74) is 2.51. The molecule has 0 saturated heterocycles. The van der Waals surface area contributed by atoms with Gasteiger partial charge in [0.05, 0.1) is 23.0 Å². The zero-order chi connectivity index (χ0) is 20.6. The summed E-state index contributed by atoms with van der Waals surface area (Å²) in [6.45, 7) is 0. The van der Waals surface area contributed by atoms with Crippen molar-refractivity contribution in [3.05, 3.63) is 98.4 Å². The number of rotatable bonds is 3. The lowest BCUT2D eigenvalue weighted by Gasteiger charge is -2.24. The average molecular weight is 524 g/mol. The molecule has 148 valence electrons. The van der Waals surface area contributed by atoms with Crippen molar-refractivity contribution in [2.24, 2.45) is 5.10 Å². The maximum absolute atomic E-state index is 13.2. The molecule has 1 aliphatic rings. The van der Waals surface area contributed by atoms with Gasteiger partial charge in [0, 0.05) is 15.4 Å². The fourth-order valence-electron chi connectivity index (χ4n) is 3.33. The van der Waals surface area contributed by atoms with Crippen LogP contribution in [0.5, 0.6) is 0 Å². The molecule has 2 nitrogen and oxygen atoms in total. The van der Waals surface area contributed by atoms with Gasteiger partial charge < -0.3 is 0 Å². The van der Waals surface area contributed by atoms with Crippen LogP contribution < -0.4 is 5.01 Å². The third-order valence-electron chi connectivity index (χ3n) is 4.78. The second kappa shape index (κ2) is 7.95. The van der Waals surface area contributed by atoms with Crippen LogP contribution in [0.1, 0.15) is 29.2 Å². The van der Waals surface area contributed by atoms with Crippen LogP contribution >= 0.6 is 31.9 Å². The number of anilines is 1. The second-order valence-electron chi connectivity index (χ2n) is 6.72. The van der Waals surface area contributed by atoms with Gasteiger partial charge >= 0.3 is 6.18 Å². The minimum Gasteiger partial charge on any atom is -0.257 e. The third kappa shape index (κ3) is 4.41. The summed E-state index contributed by atoms with van der Waals surface area (Å²) < 4.78 is 41.6. The van der Waals surface area contributed by atoms with Crippen molar-refractivity contribution in [1.82, 2.24) is 0 Å². The molecule has 3 aromatic rings. The molecular weight excluding hydrogens is 509 g/mol. The molecule has 7 heteroatoms. The number of halogens is 5. The number of hydrazone groups is 1. The molecule has 1 heterocycles. The summed E-state index contributed by atoms with van der Waals surface area (Å²) in [6.07, 6.45) is -3.80. The first kappa shape index (κ1) is 20.2. The van der Waals surface area contributed by atoms with Gasteiger partial charge in [0.15, 0.2) is 0 Å². The Balaban J connectivity index is 1.77. The highest BCUT2D eigenvalue weighted by Gasteiger charge is 2.34. The molecule has 3 aromatic carbocycles. The smallest absolute Gasteiger partial charge is 0.257 e. The average Bonchev–Trinajstić information content (AvgIpc) is 3.14. The maximum Gasteiger partial charge on any atom is 0.416 e. The van der Waals surface area contributed by atoms with Crippen LogP contribution in [0.25, 0.3) is 0 Å². The lowest BCUT2D eigenvalue weighted by atomic mass is 9.98. The van der Waals surface area contributed by atoms with Crippen molar-refractivity contribution in [2.75, 3.05) is 5.01 Å². The SMILES string of the molecule is FC(F)(F)c1cccc(N2N=C(c3ccc(Br)cc3)C[C@@H]2c2ccc(Br)cc2)c1. The van der Waals surface area contributed by atoms with E-state index in [9.17, 15) is 13.2 Å². The van der Waals surface area contributed by atoms with Gasteiger partial charge in [-0.1, -0.05) is 62.2 Å². The van der Waals surface area contributed by atoms with Crippen LogP contribution in [0.2, 0.25) is 0 Å². The molecule has 0 aliphatic carbocycles. The van der Waals surface area contributed by atoms with Crippen molar-refractivity contribution in [2.45, 2.75) is 18.6 Å².